The van der Waals surface area contributed by atoms with E-state index in [-0.39, 0.29) is 22.7 Å². The number of aromatic nitrogens is 1. The summed E-state index contributed by atoms with van der Waals surface area (Å²) < 4.78 is 29.0. The molecule has 1 amide bonds. The molecule has 0 aliphatic heterocycles. The van der Waals surface area contributed by atoms with E-state index in [4.69, 9.17) is 11.6 Å². The number of pyridine rings is 1. The number of fused-ring (bicyclic) bond motifs is 1. The number of halogens is 3. The van der Waals surface area contributed by atoms with Crippen molar-refractivity contribution in [3.63, 3.8) is 0 Å². The van der Waals surface area contributed by atoms with Gasteiger partial charge in [0.05, 0.1) is 16.1 Å². The Labute approximate surface area is 143 Å². The van der Waals surface area contributed by atoms with Crippen molar-refractivity contribution in [3.05, 3.63) is 35.0 Å². The highest BCUT2D eigenvalue weighted by Gasteiger charge is 2.17. The first-order valence-electron chi connectivity index (χ1n) is 7.88. The van der Waals surface area contributed by atoms with Gasteiger partial charge in [-0.3, -0.25) is 9.78 Å². The first-order chi connectivity index (χ1) is 11.5. The van der Waals surface area contributed by atoms with Crippen LogP contribution in [0, 0.1) is 0 Å². The molecule has 1 aliphatic carbocycles. The predicted octanol–water partition coefficient (Wildman–Crippen LogP) is 4.55. The summed E-state index contributed by atoms with van der Waals surface area (Å²) in [5.41, 5.74) is 0.857. The fourth-order valence-corrected chi connectivity index (χ4v) is 3.17. The van der Waals surface area contributed by atoms with Crippen LogP contribution in [0.25, 0.3) is 10.9 Å². The maximum absolute atomic E-state index is 12.3. The Morgan fingerprint density at radius 1 is 1.25 bits per heavy atom. The van der Waals surface area contributed by atoms with E-state index >= 15 is 0 Å². The van der Waals surface area contributed by atoms with E-state index in [0.29, 0.717) is 16.5 Å². The molecular weight excluding hydrogens is 338 g/mol. The summed E-state index contributed by atoms with van der Waals surface area (Å²) >= 11 is 5.95. The van der Waals surface area contributed by atoms with Gasteiger partial charge in [0.2, 0.25) is 0 Å². The first kappa shape index (κ1) is 16.9. The van der Waals surface area contributed by atoms with Crippen molar-refractivity contribution in [2.45, 2.75) is 44.8 Å². The van der Waals surface area contributed by atoms with Crippen molar-refractivity contribution in [2.75, 3.05) is 0 Å². The van der Waals surface area contributed by atoms with Gasteiger partial charge in [-0.15, -0.1) is 0 Å². The van der Waals surface area contributed by atoms with Crippen LogP contribution in [0.1, 0.15) is 42.5 Å². The van der Waals surface area contributed by atoms with E-state index in [0.717, 1.165) is 25.7 Å². The number of hydrogen-bond acceptors (Lipinski definition) is 3. The number of carbonyl (C=O) groups excluding carboxylic acids is 1. The number of benzene rings is 1. The Kier molecular flexibility index (Phi) is 5.14. The second-order valence-electron chi connectivity index (χ2n) is 5.89. The summed E-state index contributed by atoms with van der Waals surface area (Å²) in [4.78, 5) is 16.5. The molecule has 0 bridgehead atoms. The number of hydrogen-bond donors (Lipinski definition) is 1. The maximum atomic E-state index is 12.3. The molecule has 1 fully saturated rings. The van der Waals surface area contributed by atoms with Crippen LogP contribution in [-0.4, -0.2) is 23.5 Å². The van der Waals surface area contributed by atoms with Crippen LogP contribution in [-0.2, 0) is 0 Å². The number of nitrogens with zero attached hydrogens (tertiary/aromatic N) is 1. The normalized spacial score (nSPS) is 15.7. The van der Waals surface area contributed by atoms with Gasteiger partial charge in [0.1, 0.15) is 5.75 Å². The molecule has 128 valence electrons. The van der Waals surface area contributed by atoms with Gasteiger partial charge in [-0.2, -0.15) is 8.78 Å². The number of carbonyl (C=O) groups is 1. The Morgan fingerprint density at radius 2 is 2.00 bits per heavy atom. The second-order valence-corrected chi connectivity index (χ2v) is 6.29. The highest BCUT2D eigenvalue weighted by molar-refractivity contribution is 6.32. The van der Waals surface area contributed by atoms with Crippen LogP contribution in [0.3, 0.4) is 0 Å². The number of nitrogens with one attached hydrogen (secondary N) is 1. The van der Waals surface area contributed by atoms with Gasteiger partial charge in [0.25, 0.3) is 5.91 Å². The van der Waals surface area contributed by atoms with E-state index in [2.05, 4.69) is 15.0 Å². The molecule has 7 heteroatoms. The van der Waals surface area contributed by atoms with Gasteiger partial charge in [-0.05, 0) is 25.0 Å². The molecule has 1 heterocycles. The average molecular weight is 355 g/mol. The van der Waals surface area contributed by atoms with Crippen LogP contribution in [0.2, 0.25) is 5.02 Å². The van der Waals surface area contributed by atoms with E-state index in [9.17, 15) is 13.6 Å². The van der Waals surface area contributed by atoms with E-state index in [1.54, 1.807) is 6.07 Å². The number of amides is 1. The van der Waals surface area contributed by atoms with Gasteiger partial charge in [0.15, 0.2) is 0 Å². The minimum Gasteiger partial charge on any atom is -0.433 e. The fourth-order valence-electron chi connectivity index (χ4n) is 2.96. The Morgan fingerprint density at radius 3 is 2.71 bits per heavy atom. The van der Waals surface area contributed by atoms with Gasteiger partial charge >= 0.3 is 6.61 Å². The van der Waals surface area contributed by atoms with Crippen molar-refractivity contribution in [3.8, 4) is 5.75 Å². The molecule has 1 N–H and O–H groups in total. The minimum absolute atomic E-state index is 0.0504. The lowest BCUT2D eigenvalue weighted by molar-refractivity contribution is -0.0497. The standard InChI is InChI=1S/C17H17ClF2N2O2/c18-13-7-10-6-11(16(23)22-12-4-2-1-3-5-12)9-21-14(10)8-15(13)24-17(19)20/h6-9,12,17H,1-5H2,(H,22,23). The van der Waals surface area contributed by atoms with Gasteiger partial charge < -0.3 is 10.1 Å². The molecule has 0 atom stereocenters. The molecule has 1 aromatic carbocycles. The molecule has 24 heavy (non-hydrogen) atoms. The molecule has 0 radical (unpaired) electrons. The second kappa shape index (κ2) is 7.30. The SMILES string of the molecule is O=C(NC1CCCCC1)c1cnc2cc(OC(F)F)c(Cl)cc2c1. The van der Waals surface area contributed by atoms with Crippen molar-refractivity contribution in [1.82, 2.24) is 10.3 Å². The van der Waals surface area contributed by atoms with Crippen molar-refractivity contribution in [2.24, 2.45) is 0 Å². The van der Waals surface area contributed by atoms with Crippen LogP contribution in [0.4, 0.5) is 8.78 Å². The summed E-state index contributed by atoms with van der Waals surface area (Å²) in [5.74, 6) is -0.314. The molecule has 0 saturated heterocycles. The average Bonchev–Trinajstić information content (AvgIpc) is 2.55. The van der Waals surface area contributed by atoms with Crippen molar-refractivity contribution < 1.29 is 18.3 Å². The fraction of sp³-hybridized carbons (Fsp3) is 0.412. The molecular formula is C17H17ClF2N2O2. The number of rotatable bonds is 4. The van der Waals surface area contributed by atoms with Crippen LogP contribution < -0.4 is 10.1 Å². The van der Waals surface area contributed by atoms with Crippen LogP contribution in [0.5, 0.6) is 5.75 Å². The third-order valence-corrected chi connectivity index (χ3v) is 4.45. The summed E-state index contributed by atoms with van der Waals surface area (Å²) in [6, 6.07) is 4.66. The molecule has 0 spiro atoms. The first-order valence-corrected chi connectivity index (χ1v) is 8.26. The largest absolute Gasteiger partial charge is 0.433 e. The summed E-state index contributed by atoms with van der Waals surface area (Å²) in [6.07, 6.45) is 6.89. The zero-order chi connectivity index (χ0) is 17.1. The zero-order valence-electron chi connectivity index (χ0n) is 12.9. The van der Waals surface area contributed by atoms with Crippen LogP contribution >= 0.6 is 11.6 Å². The lowest BCUT2D eigenvalue weighted by atomic mass is 9.95. The predicted molar refractivity (Wildman–Crippen MR) is 87.7 cm³/mol. The van der Waals surface area contributed by atoms with Crippen LogP contribution in [0.15, 0.2) is 24.4 Å². The minimum atomic E-state index is -2.96. The zero-order valence-corrected chi connectivity index (χ0v) is 13.7. The van der Waals surface area contributed by atoms with Crippen molar-refractivity contribution in [1.29, 1.82) is 0 Å². The third-order valence-electron chi connectivity index (χ3n) is 4.15. The Hall–Kier alpha value is -1.95. The molecule has 0 unspecified atom stereocenters. The smallest absolute Gasteiger partial charge is 0.387 e. The van der Waals surface area contributed by atoms with E-state index < -0.39 is 6.61 Å². The monoisotopic (exact) mass is 354 g/mol. The highest BCUT2D eigenvalue weighted by atomic mass is 35.5. The van der Waals surface area contributed by atoms with E-state index in [1.165, 1.54) is 24.8 Å². The molecule has 1 saturated carbocycles. The molecule has 2 aromatic rings. The molecule has 4 nitrogen and oxygen atoms in total. The maximum Gasteiger partial charge on any atom is 0.387 e. The third kappa shape index (κ3) is 3.93. The summed E-state index contributed by atoms with van der Waals surface area (Å²) in [5, 5.41) is 3.66. The van der Waals surface area contributed by atoms with Crippen molar-refractivity contribution >= 4 is 28.4 Å². The lowest BCUT2D eigenvalue weighted by Gasteiger charge is -2.22. The van der Waals surface area contributed by atoms with Gasteiger partial charge in [0, 0.05) is 23.7 Å². The van der Waals surface area contributed by atoms with Gasteiger partial charge in [-0.25, -0.2) is 0 Å². The molecule has 1 aliphatic rings. The summed E-state index contributed by atoms with van der Waals surface area (Å²) in [6.45, 7) is -2.96. The topological polar surface area (TPSA) is 51.2 Å². The van der Waals surface area contributed by atoms with Gasteiger partial charge in [-0.1, -0.05) is 30.9 Å². The molecule has 3 rings (SSSR count). The lowest BCUT2D eigenvalue weighted by Crippen LogP contribution is -2.36. The number of alkyl halides is 2. The quantitative estimate of drug-likeness (QED) is 0.876. The van der Waals surface area contributed by atoms with E-state index in [1.807, 2.05) is 0 Å². The highest BCUT2D eigenvalue weighted by Crippen LogP contribution is 2.30. The number of ether oxygens (including phenoxy) is 1. The Bertz CT molecular complexity index is 749. The molecule has 1 aromatic heterocycles. The summed E-state index contributed by atoms with van der Waals surface area (Å²) in [7, 11) is 0. The Balaban J connectivity index is 1.81.